The standard InChI is InChI=1S/C22H26F3N3OS/c23-22(24,25)18-5-7-19(8-6-18)28-13-11-27(12-14-28)10-2-1-3-17-4-9-20-21(15-17)30(29)16-26-20/h4-9,15,26H,1-3,10-14,16H2. The molecule has 0 saturated carbocycles. The van der Waals surface area contributed by atoms with Crippen LogP contribution in [0, 0.1) is 0 Å². The van der Waals surface area contributed by atoms with Crippen LogP contribution in [0.3, 0.4) is 0 Å². The van der Waals surface area contributed by atoms with E-state index < -0.39 is 22.5 Å². The molecule has 1 saturated heterocycles. The van der Waals surface area contributed by atoms with Crippen LogP contribution in [0.5, 0.6) is 0 Å². The van der Waals surface area contributed by atoms with Gasteiger partial charge in [-0.1, -0.05) is 6.07 Å². The number of hydrogen-bond donors (Lipinski definition) is 1. The Morgan fingerprint density at radius 2 is 1.70 bits per heavy atom. The second-order valence-electron chi connectivity index (χ2n) is 7.83. The Balaban J connectivity index is 1.18. The molecule has 2 aliphatic heterocycles. The molecule has 0 radical (unpaired) electrons. The molecule has 2 aromatic rings. The molecule has 2 aromatic carbocycles. The lowest BCUT2D eigenvalue weighted by Gasteiger charge is -2.36. The number of nitrogens with zero attached hydrogens (tertiary/aromatic N) is 2. The van der Waals surface area contributed by atoms with Gasteiger partial charge in [0.25, 0.3) is 0 Å². The van der Waals surface area contributed by atoms with Gasteiger partial charge in [-0.3, -0.25) is 9.11 Å². The van der Waals surface area contributed by atoms with Crippen LogP contribution in [-0.2, 0) is 23.4 Å². The summed E-state index contributed by atoms with van der Waals surface area (Å²) in [6.45, 7) is 4.53. The average Bonchev–Trinajstić information content (AvgIpc) is 3.11. The minimum absolute atomic E-state index is 0.511. The number of benzene rings is 2. The summed E-state index contributed by atoms with van der Waals surface area (Å²) in [4.78, 5) is 5.49. The van der Waals surface area contributed by atoms with Crippen molar-refractivity contribution in [1.82, 2.24) is 4.90 Å². The van der Waals surface area contributed by atoms with E-state index in [2.05, 4.69) is 27.2 Å². The summed E-state index contributed by atoms with van der Waals surface area (Å²) in [5, 5.41) is 3.15. The van der Waals surface area contributed by atoms with Gasteiger partial charge in [0.1, 0.15) is 0 Å². The van der Waals surface area contributed by atoms with Crippen molar-refractivity contribution in [3.8, 4) is 0 Å². The molecule has 4 rings (SSSR count). The lowest BCUT2D eigenvalue weighted by atomic mass is 10.1. The molecule has 0 bridgehead atoms. The molecule has 1 unspecified atom stereocenters. The van der Waals surface area contributed by atoms with Crippen LogP contribution in [0.15, 0.2) is 47.4 Å². The highest BCUT2D eigenvalue weighted by Crippen LogP contribution is 2.31. The predicted octanol–water partition coefficient (Wildman–Crippen LogP) is 4.34. The van der Waals surface area contributed by atoms with Crippen LogP contribution < -0.4 is 10.2 Å². The number of rotatable bonds is 6. The van der Waals surface area contributed by atoms with Crippen molar-refractivity contribution in [3.05, 3.63) is 53.6 Å². The van der Waals surface area contributed by atoms with Crippen molar-refractivity contribution in [2.75, 3.05) is 48.8 Å². The smallest absolute Gasteiger partial charge is 0.372 e. The van der Waals surface area contributed by atoms with Crippen molar-refractivity contribution >= 4 is 22.2 Å². The number of fused-ring (bicyclic) bond motifs is 1. The molecule has 162 valence electrons. The highest BCUT2D eigenvalue weighted by molar-refractivity contribution is 7.85. The van der Waals surface area contributed by atoms with E-state index in [0.717, 1.165) is 80.4 Å². The minimum Gasteiger partial charge on any atom is -0.372 e. The second kappa shape index (κ2) is 8.98. The van der Waals surface area contributed by atoms with Crippen molar-refractivity contribution in [3.63, 3.8) is 0 Å². The normalized spacial score (nSPS) is 19.6. The zero-order chi connectivity index (χ0) is 21.1. The Morgan fingerprint density at radius 1 is 0.967 bits per heavy atom. The van der Waals surface area contributed by atoms with Gasteiger partial charge in [0.05, 0.1) is 32.8 Å². The summed E-state index contributed by atoms with van der Waals surface area (Å²) in [6, 6.07) is 11.6. The van der Waals surface area contributed by atoms with Crippen molar-refractivity contribution in [2.45, 2.75) is 30.3 Å². The Hall–Kier alpha value is -2.06. The first kappa shape index (κ1) is 21.2. The van der Waals surface area contributed by atoms with E-state index in [9.17, 15) is 17.4 Å². The predicted molar refractivity (Wildman–Crippen MR) is 114 cm³/mol. The third-order valence-electron chi connectivity index (χ3n) is 5.81. The molecule has 1 fully saturated rings. The van der Waals surface area contributed by atoms with Crippen LogP contribution >= 0.6 is 0 Å². The lowest BCUT2D eigenvalue weighted by molar-refractivity contribution is -0.137. The van der Waals surface area contributed by atoms with E-state index in [4.69, 9.17) is 0 Å². The summed E-state index contributed by atoms with van der Waals surface area (Å²) >= 11 is 0. The Labute approximate surface area is 177 Å². The molecule has 1 atom stereocenters. The lowest BCUT2D eigenvalue weighted by Crippen LogP contribution is -2.46. The third-order valence-corrected chi connectivity index (χ3v) is 7.04. The average molecular weight is 438 g/mol. The van der Waals surface area contributed by atoms with Gasteiger partial charge in [-0.2, -0.15) is 13.2 Å². The topological polar surface area (TPSA) is 35.6 Å². The van der Waals surface area contributed by atoms with E-state index in [1.807, 2.05) is 6.07 Å². The number of unbranched alkanes of at least 4 members (excludes halogenated alkanes) is 1. The van der Waals surface area contributed by atoms with Crippen LogP contribution in [0.1, 0.15) is 24.0 Å². The van der Waals surface area contributed by atoms with Gasteiger partial charge in [-0.05, 0) is 67.8 Å². The minimum atomic E-state index is -4.29. The quantitative estimate of drug-likeness (QED) is 0.682. The van der Waals surface area contributed by atoms with Crippen LogP contribution in [-0.4, -0.2) is 47.7 Å². The zero-order valence-electron chi connectivity index (χ0n) is 16.8. The zero-order valence-corrected chi connectivity index (χ0v) is 17.6. The molecule has 8 heteroatoms. The van der Waals surface area contributed by atoms with Crippen LogP contribution in [0.4, 0.5) is 24.5 Å². The fourth-order valence-corrected chi connectivity index (χ4v) is 5.14. The number of piperazine rings is 1. The Kier molecular flexibility index (Phi) is 6.34. The Bertz CT molecular complexity index is 893. The van der Waals surface area contributed by atoms with Gasteiger partial charge < -0.3 is 10.2 Å². The first-order valence-electron chi connectivity index (χ1n) is 10.3. The van der Waals surface area contributed by atoms with E-state index in [1.165, 1.54) is 5.56 Å². The number of alkyl halides is 3. The molecule has 30 heavy (non-hydrogen) atoms. The van der Waals surface area contributed by atoms with Gasteiger partial charge in [0.15, 0.2) is 0 Å². The number of anilines is 2. The number of hydrogen-bond acceptors (Lipinski definition) is 4. The van der Waals surface area contributed by atoms with Crippen LogP contribution in [0.2, 0.25) is 0 Å². The van der Waals surface area contributed by atoms with Crippen molar-refractivity contribution < 1.29 is 17.4 Å². The first-order chi connectivity index (χ1) is 14.4. The second-order valence-corrected chi connectivity index (χ2v) is 9.25. The van der Waals surface area contributed by atoms with E-state index in [-0.39, 0.29) is 0 Å². The van der Waals surface area contributed by atoms with E-state index in [1.54, 1.807) is 12.1 Å². The fourth-order valence-electron chi connectivity index (χ4n) is 4.03. The maximum atomic E-state index is 12.7. The summed E-state index contributed by atoms with van der Waals surface area (Å²) in [5.74, 6) is 0.511. The molecule has 2 heterocycles. The molecule has 1 N–H and O–H groups in total. The summed E-state index contributed by atoms with van der Waals surface area (Å²) in [6.07, 6.45) is -1.13. The van der Waals surface area contributed by atoms with Gasteiger partial charge in [0.2, 0.25) is 0 Å². The monoisotopic (exact) mass is 437 g/mol. The van der Waals surface area contributed by atoms with Gasteiger partial charge in [-0.15, -0.1) is 0 Å². The van der Waals surface area contributed by atoms with Crippen molar-refractivity contribution in [2.24, 2.45) is 0 Å². The molecule has 0 spiro atoms. The molecule has 0 aliphatic carbocycles. The molecule has 2 aliphatic rings. The van der Waals surface area contributed by atoms with Crippen LogP contribution in [0.25, 0.3) is 0 Å². The third kappa shape index (κ3) is 4.98. The van der Waals surface area contributed by atoms with E-state index >= 15 is 0 Å². The number of aryl methyl sites for hydroxylation is 1. The number of nitrogens with one attached hydrogen (secondary N) is 1. The SMILES string of the molecule is O=S1CNc2ccc(CCCCN3CCN(c4ccc(C(F)(F)F)cc4)CC3)cc21. The molecule has 0 amide bonds. The fraction of sp³-hybridized carbons (Fsp3) is 0.455. The van der Waals surface area contributed by atoms with Crippen molar-refractivity contribution in [1.29, 1.82) is 0 Å². The highest BCUT2D eigenvalue weighted by atomic mass is 32.2. The molecular formula is C22H26F3N3OS. The summed E-state index contributed by atoms with van der Waals surface area (Å²) < 4.78 is 50.1. The molecular weight excluding hydrogens is 411 g/mol. The van der Waals surface area contributed by atoms with Gasteiger partial charge in [0, 0.05) is 31.9 Å². The summed E-state index contributed by atoms with van der Waals surface area (Å²) in [5.41, 5.74) is 2.47. The number of halogens is 3. The van der Waals surface area contributed by atoms with Gasteiger partial charge in [-0.25, -0.2) is 0 Å². The molecule has 4 nitrogen and oxygen atoms in total. The van der Waals surface area contributed by atoms with E-state index in [0.29, 0.717) is 5.88 Å². The maximum absolute atomic E-state index is 12.7. The van der Waals surface area contributed by atoms with Gasteiger partial charge >= 0.3 is 6.18 Å². The largest absolute Gasteiger partial charge is 0.416 e. The highest BCUT2D eigenvalue weighted by Gasteiger charge is 2.30. The summed E-state index contributed by atoms with van der Waals surface area (Å²) in [7, 11) is -0.924. The maximum Gasteiger partial charge on any atom is 0.416 e. The molecule has 0 aromatic heterocycles. The Morgan fingerprint density at radius 3 is 2.40 bits per heavy atom. The first-order valence-corrected chi connectivity index (χ1v) is 11.6.